The van der Waals surface area contributed by atoms with Gasteiger partial charge in [-0.1, -0.05) is 0 Å². The van der Waals surface area contributed by atoms with Gasteiger partial charge in [-0.15, -0.1) is 0 Å². The number of hydroxylamine groups is 2. The van der Waals surface area contributed by atoms with E-state index in [-0.39, 0.29) is 37.0 Å². The standard InChI is InChI=1S/C21H24FN7O4/c1-12(30)24-9-15-10-29-19(20(31)27(2)33-15)16-11-28(6-5-18(16)26-29)21(32)25-14-3-4-17(22)13(7-14)8-23/h3-4,7,15,21,25,32H,5-6,9-11H2,1-2H3,(H,24,30)/t15-,21?/m1/s1. The minimum absolute atomic E-state index is 0.127. The van der Waals surface area contributed by atoms with Crippen LogP contribution in [0.5, 0.6) is 0 Å². The fourth-order valence-corrected chi connectivity index (χ4v) is 3.97. The van der Waals surface area contributed by atoms with E-state index in [1.165, 1.54) is 26.1 Å². The Morgan fingerprint density at radius 3 is 3.00 bits per heavy atom. The predicted molar refractivity (Wildman–Crippen MR) is 113 cm³/mol. The summed E-state index contributed by atoms with van der Waals surface area (Å²) in [7, 11) is 1.51. The highest BCUT2D eigenvalue weighted by Crippen LogP contribution is 2.27. The number of hydrogen-bond donors (Lipinski definition) is 3. The van der Waals surface area contributed by atoms with Gasteiger partial charge in [0.2, 0.25) is 5.91 Å². The van der Waals surface area contributed by atoms with E-state index in [1.54, 1.807) is 15.7 Å². The van der Waals surface area contributed by atoms with Crippen molar-refractivity contribution in [2.24, 2.45) is 0 Å². The largest absolute Gasteiger partial charge is 0.361 e. The second kappa shape index (κ2) is 9.14. The number of anilines is 1. The first-order valence-corrected chi connectivity index (χ1v) is 10.4. The Morgan fingerprint density at radius 2 is 2.27 bits per heavy atom. The van der Waals surface area contributed by atoms with Crippen LogP contribution in [0.4, 0.5) is 10.1 Å². The molecule has 2 atom stereocenters. The van der Waals surface area contributed by atoms with Crippen molar-refractivity contribution in [2.75, 3.05) is 25.5 Å². The van der Waals surface area contributed by atoms with Gasteiger partial charge in [-0.25, -0.2) is 9.45 Å². The Hall–Kier alpha value is -3.53. The van der Waals surface area contributed by atoms with Crippen molar-refractivity contribution in [1.29, 1.82) is 5.26 Å². The fourth-order valence-electron chi connectivity index (χ4n) is 3.97. The zero-order chi connectivity index (χ0) is 23.7. The first kappa shape index (κ1) is 22.7. The number of carbonyl (C=O) groups is 2. The number of aromatic nitrogens is 2. The molecule has 0 saturated heterocycles. The highest BCUT2D eigenvalue weighted by atomic mass is 19.1. The highest BCUT2D eigenvalue weighted by molar-refractivity contribution is 5.93. The Balaban J connectivity index is 1.53. The third kappa shape index (κ3) is 4.65. The first-order valence-electron chi connectivity index (χ1n) is 10.4. The van der Waals surface area contributed by atoms with Crippen molar-refractivity contribution in [3.8, 4) is 6.07 Å². The number of nitrogens with zero attached hydrogens (tertiary/aromatic N) is 5. The molecule has 0 fully saturated rings. The van der Waals surface area contributed by atoms with Gasteiger partial charge in [0.15, 0.2) is 6.35 Å². The number of nitrogens with one attached hydrogen (secondary N) is 2. The lowest BCUT2D eigenvalue weighted by molar-refractivity contribution is -0.148. The normalized spacial score (nSPS) is 19.2. The first-order chi connectivity index (χ1) is 15.8. The lowest BCUT2D eigenvalue weighted by Gasteiger charge is -2.32. The minimum Gasteiger partial charge on any atom is -0.361 e. The van der Waals surface area contributed by atoms with Gasteiger partial charge >= 0.3 is 0 Å². The third-order valence-corrected chi connectivity index (χ3v) is 5.61. The van der Waals surface area contributed by atoms with Crippen LogP contribution in [0.3, 0.4) is 0 Å². The summed E-state index contributed by atoms with van der Waals surface area (Å²) < 4.78 is 15.2. The molecule has 0 radical (unpaired) electrons. The Labute approximate surface area is 189 Å². The Bertz CT molecular complexity index is 1130. The molecule has 0 aliphatic carbocycles. The summed E-state index contributed by atoms with van der Waals surface area (Å²) in [4.78, 5) is 31.7. The number of halogens is 1. The summed E-state index contributed by atoms with van der Waals surface area (Å²) in [5.41, 5.74) is 2.11. The SMILES string of the molecule is CC(=O)NC[C@@H]1Cn2nc3c(c2C(=O)N(C)O1)CN(C(O)Nc1ccc(F)c(C#N)c1)CC3. The van der Waals surface area contributed by atoms with Crippen LogP contribution in [0.2, 0.25) is 0 Å². The number of nitriles is 1. The summed E-state index contributed by atoms with van der Waals surface area (Å²) in [6.45, 7) is 2.64. The maximum Gasteiger partial charge on any atom is 0.295 e. The van der Waals surface area contributed by atoms with E-state index in [2.05, 4.69) is 15.7 Å². The van der Waals surface area contributed by atoms with Gasteiger partial charge in [-0.2, -0.15) is 10.4 Å². The van der Waals surface area contributed by atoms with Gasteiger partial charge in [-0.3, -0.25) is 24.0 Å². The lowest BCUT2D eigenvalue weighted by Crippen LogP contribution is -2.44. The van der Waals surface area contributed by atoms with Crippen LogP contribution in [0.1, 0.15) is 34.2 Å². The number of fused-ring (bicyclic) bond motifs is 3. The van der Waals surface area contributed by atoms with Crippen molar-refractivity contribution in [3.05, 3.63) is 46.5 Å². The molecule has 174 valence electrons. The Kier molecular flexibility index (Phi) is 6.28. The maximum atomic E-state index is 13.6. The maximum absolute atomic E-state index is 13.6. The molecule has 4 rings (SSSR count). The molecular weight excluding hydrogens is 433 g/mol. The van der Waals surface area contributed by atoms with E-state index >= 15 is 0 Å². The second-order valence-electron chi connectivity index (χ2n) is 7.97. The number of benzene rings is 1. The number of carbonyl (C=O) groups excluding carboxylic acids is 2. The van der Waals surface area contributed by atoms with E-state index in [0.717, 1.165) is 16.8 Å². The van der Waals surface area contributed by atoms with E-state index in [4.69, 9.17) is 10.1 Å². The van der Waals surface area contributed by atoms with Crippen LogP contribution in [0, 0.1) is 17.1 Å². The van der Waals surface area contributed by atoms with Crippen LogP contribution < -0.4 is 10.6 Å². The molecule has 12 heteroatoms. The summed E-state index contributed by atoms with van der Waals surface area (Å²) in [5.74, 6) is -1.20. The molecule has 1 unspecified atom stereocenters. The molecule has 0 saturated carbocycles. The highest BCUT2D eigenvalue weighted by Gasteiger charge is 2.35. The van der Waals surface area contributed by atoms with Gasteiger partial charge in [-0.05, 0) is 18.2 Å². The van der Waals surface area contributed by atoms with Crippen molar-refractivity contribution in [2.45, 2.75) is 38.9 Å². The predicted octanol–water partition coefficient (Wildman–Crippen LogP) is 0.162. The van der Waals surface area contributed by atoms with E-state index < -0.39 is 18.3 Å². The molecule has 2 aliphatic heterocycles. The molecule has 3 N–H and O–H groups in total. The van der Waals surface area contributed by atoms with E-state index in [0.29, 0.717) is 29.9 Å². The number of amides is 2. The topological polar surface area (TPSA) is 136 Å². The molecule has 33 heavy (non-hydrogen) atoms. The van der Waals surface area contributed by atoms with Gasteiger partial charge < -0.3 is 15.7 Å². The second-order valence-corrected chi connectivity index (χ2v) is 7.97. The molecule has 3 heterocycles. The van der Waals surface area contributed by atoms with Crippen molar-refractivity contribution < 1.29 is 23.9 Å². The van der Waals surface area contributed by atoms with Crippen molar-refractivity contribution >= 4 is 17.5 Å². The zero-order valence-electron chi connectivity index (χ0n) is 18.2. The Morgan fingerprint density at radius 1 is 1.48 bits per heavy atom. The van der Waals surface area contributed by atoms with E-state index in [1.807, 2.05) is 0 Å². The smallest absolute Gasteiger partial charge is 0.295 e. The monoisotopic (exact) mass is 457 g/mol. The molecule has 0 spiro atoms. The molecule has 2 aliphatic rings. The van der Waals surface area contributed by atoms with Crippen molar-refractivity contribution in [3.63, 3.8) is 0 Å². The lowest BCUT2D eigenvalue weighted by atomic mass is 10.0. The summed E-state index contributed by atoms with van der Waals surface area (Å²) in [5, 5.41) is 31.0. The average Bonchev–Trinajstić information content (AvgIpc) is 3.09. The van der Waals surface area contributed by atoms with E-state index in [9.17, 15) is 19.1 Å². The molecule has 1 aromatic carbocycles. The summed E-state index contributed by atoms with van der Waals surface area (Å²) in [6.07, 6.45) is -1.09. The van der Waals surface area contributed by atoms with Crippen LogP contribution in [0.25, 0.3) is 0 Å². The molecule has 1 aromatic heterocycles. The number of aliphatic hydroxyl groups excluding tert-OH is 1. The molecule has 0 bridgehead atoms. The molecule has 11 nitrogen and oxygen atoms in total. The number of aliphatic hydroxyl groups is 1. The quantitative estimate of drug-likeness (QED) is 0.541. The van der Waals surface area contributed by atoms with Gasteiger partial charge in [0.25, 0.3) is 5.91 Å². The van der Waals surface area contributed by atoms with Gasteiger partial charge in [0.1, 0.15) is 23.7 Å². The van der Waals surface area contributed by atoms with Crippen LogP contribution >= 0.6 is 0 Å². The van der Waals surface area contributed by atoms with Crippen LogP contribution in [0.15, 0.2) is 18.2 Å². The average molecular weight is 457 g/mol. The van der Waals surface area contributed by atoms with Crippen LogP contribution in [-0.4, -0.2) is 69.3 Å². The van der Waals surface area contributed by atoms with Gasteiger partial charge in [0, 0.05) is 51.3 Å². The van der Waals surface area contributed by atoms with Crippen molar-refractivity contribution in [1.82, 2.24) is 25.1 Å². The third-order valence-electron chi connectivity index (χ3n) is 5.61. The fraction of sp³-hybridized carbons (Fsp3) is 0.429. The zero-order valence-corrected chi connectivity index (χ0v) is 18.2. The van der Waals surface area contributed by atoms with Crippen LogP contribution in [-0.2, 0) is 29.1 Å². The number of rotatable bonds is 5. The molecule has 2 aromatic rings. The molecule has 2 amide bonds. The van der Waals surface area contributed by atoms with Gasteiger partial charge in [0.05, 0.1) is 17.8 Å². The summed E-state index contributed by atoms with van der Waals surface area (Å²) >= 11 is 0. The molecular formula is C21H24FN7O4. The minimum atomic E-state index is -1.13. The number of hydrogen-bond acceptors (Lipinski definition) is 8. The summed E-state index contributed by atoms with van der Waals surface area (Å²) in [6, 6.07) is 5.69.